The molecular formula is C14H21N3OS. The number of anilines is 1. The molecule has 4 nitrogen and oxygen atoms in total. The summed E-state index contributed by atoms with van der Waals surface area (Å²) in [4.78, 5) is 20.1. The quantitative estimate of drug-likeness (QED) is 0.923. The molecule has 104 valence electrons. The van der Waals surface area contributed by atoms with Crippen LogP contribution in [0.4, 0.5) is 5.13 Å². The fraction of sp³-hybridized carbons (Fsp3) is 0.714. The lowest BCUT2D eigenvalue weighted by Crippen LogP contribution is -2.46. The van der Waals surface area contributed by atoms with Crippen LogP contribution in [0, 0.1) is 12.8 Å². The number of thiazole rings is 1. The molecule has 5 heteroatoms. The first kappa shape index (κ1) is 12.9. The van der Waals surface area contributed by atoms with Gasteiger partial charge in [0.1, 0.15) is 0 Å². The van der Waals surface area contributed by atoms with Gasteiger partial charge in [0.25, 0.3) is 0 Å². The van der Waals surface area contributed by atoms with Gasteiger partial charge in [-0.05, 0) is 39.0 Å². The number of nitrogens with zero attached hydrogens (tertiary/aromatic N) is 2. The summed E-state index contributed by atoms with van der Waals surface area (Å²) < 4.78 is 0. The number of aryl methyl sites for hydroxylation is 1. The first-order valence-electron chi connectivity index (χ1n) is 7.20. The van der Waals surface area contributed by atoms with E-state index in [-0.39, 0.29) is 11.8 Å². The van der Waals surface area contributed by atoms with Gasteiger partial charge in [0.15, 0.2) is 5.13 Å². The first-order valence-corrected chi connectivity index (χ1v) is 8.02. The first-order chi connectivity index (χ1) is 9.22. The van der Waals surface area contributed by atoms with Crippen molar-refractivity contribution in [3.05, 3.63) is 11.1 Å². The lowest BCUT2D eigenvalue weighted by atomic mass is 9.90. The van der Waals surface area contributed by atoms with Crippen LogP contribution in [0.15, 0.2) is 6.20 Å². The van der Waals surface area contributed by atoms with Crippen molar-refractivity contribution in [1.82, 2.24) is 10.3 Å². The van der Waals surface area contributed by atoms with Crippen molar-refractivity contribution in [2.24, 2.45) is 5.92 Å². The Bertz CT molecular complexity index is 447. The summed E-state index contributed by atoms with van der Waals surface area (Å²) in [6, 6.07) is 0.465. The van der Waals surface area contributed by atoms with Crippen molar-refractivity contribution < 1.29 is 4.79 Å². The molecule has 1 aromatic rings. The topological polar surface area (TPSA) is 45.2 Å². The van der Waals surface area contributed by atoms with Crippen LogP contribution in [-0.2, 0) is 4.79 Å². The standard InChI is InChI=1S/C14H21N3OS/c1-10-9-15-14(19-10)17-7-5-11(6-8-17)13(18)16-12-3-2-4-12/h9,11-12H,2-8H2,1H3,(H,16,18). The Balaban J connectivity index is 1.49. The highest BCUT2D eigenvalue weighted by molar-refractivity contribution is 7.15. The second kappa shape index (κ2) is 5.49. The predicted molar refractivity (Wildman–Crippen MR) is 77.6 cm³/mol. The van der Waals surface area contributed by atoms with E-state index in [1.54, 1.807) is 11.3 Å². The summed E-state index contributed by atoms with van der Waals surface area (Å²) in [5.74, 6) is 0.484. The number of hydrogen-bond acceptors (Lipinski definition) is 4. The Labute approximate surface area is 118 Å². The highest BCUT2D eigenvalue weighted by Gasteiger charge is 2.28. The maximum atomic E-state index is 12.1. The molecule has 1 N–H and O–H groups in total. The summed E-state index contributed by atoms with van der Waals surface area (Å²) in [7, 11) is 0. The van der Waals surface area contributed by atoms with Crippen molar-refractivity contribution in [3.63, 3.8) is 0 Å². The number of aromatic nitrogens is 1. The number of hydrogen-bond donors (Lipinski definition) is 1. The van der Waals surface area contributed by atoms with Crippen LogP contribution in [-0.4, -0.2) is 30.0 Å². The Morgan fingerprint density at radius 2 is 2.11 bits per heavy atom. The molecule has 0 spiro atoms. The molecule has 0 aromatic carbocycles. The van der Waals surface area contributed by atoms with E-state index in [0.29, 0.717) is 6.04 Å². The van der Waals surface area contributed by atoms with E-state index in [0.717, 1.165) is 31.1 Å². The molecule has 1 saturated heterocycles. The molecule has 1 amide bonds. The fourth-order valence-corrected chi connectivity index (χ4v) is 3.50. The van der Waals surface area contributed by atoms with Crippen molar-refractivity contribution in [2.75, 3.05) is 18.0 Å². The zero-order valence-electron chi connectivity index (χ0n) is 11.4. The van der Waals surface area contributed by atoms with E-state index in [4.69, 9.17) is 0 Å². The maximum Gasteiger partial charge on any atom is 0.223 e. The molecule has 0 bridgehead atoms. The molecule has 2 aliphatic rings. The van der Waals surface area contributed by atoms with Gasteiger partial charge in [0, 0.05) is 36.1 Å². The van der Waals surface area contributed by atoms with E-state index in [9.17, 15) is 4.79 Å². The van der Waals surface area contributed by atoms with Crippen molar-refractivity contribution in [2.45, 2.75) is 45.1 Å². The normalized spacial score (nSPS) is 21.2. The average molecular weight is 279 g/mol. The fourth-order valence-electron chi connectivity index (χ4n) is 2.69. The van der Waals surface area contributed by atoms with Crippen molar-refractivity contribution in [3.8, 4) is 0 Å². The maximum absolute atomic E-state index is 12.1. The summed E-state index contributed by atoms with van der Waals surface area (Å²) >= 11 is 1.74. The lowest BCUT2D eigenvalue weighted by Gasteiger charge is -2.33. The van der Waals surface area contributed by atoms with Gasteiger partial charge in [-0.25, -0.2) is 4.98 Å². The van der Waals surface area contributed by atoms with E-state index in [1.807, 2.05) is 6.20 Å². The Kier molecular flexibility index (Phi) is 3.73. The highest BCUT2D eigenvalue weighted by Crippen LogP contribution is 2.27. The molecular weight excluding hydrogens is 258 g/mol. The number of piperidine rings is 1. The molecule has 1 aliphatic heterocycles. The van der Waals surface area contributed by atoms with Crippen LogP contribution in [0.3, 0.4) is 0 Å². The number of carbonyl (C=O) groups excluding carboxylic acids is 1. The van der Waals surface area contributed by atoms with Gasteiger partial charge in [-0.2, -0.15) is 0 Å². The third-order valence-corrected chi connectivity index (χ3v) is 5.17. The zero-order chi connectivity index (χ0) is 13.2. The van der Waals surface area contributed by atoms with Crippen LogP contribution >= 0.6 is 11.3 Å². The Hall–Kier alpha value is -1.10. The van der Waals surface area contributed by atoms with E-state index in [1.165, 1.54) is 24.1 Å². The van der Waals surface area contributed by atoms with Crippen molar-refractivity contribution >= 4 is 22.4 Å². The van der Waals surface area contributed by atoms with Gasteiger partial charge in [-0.3, -0.25) is 4.79 Å². The van der Waals surface area contributed by atoms with Crippen LogP contribution in [0.2, 0.25) is 0 Å². The summed E-state index contributed by atoms with van der Waals surface area (Å²) in [5.41, 5.74) is 0. The molecule has 0 unspecified atom stereocenters. The van der Waals surface area contributed by atoms with Crippen molar-refractivity contribution in [1.29, 1.82) is 0 Å². The Morgan fingerprint density at radius 3 is 2.63 bits per heavy atom. The smallest absolute Gasteiger partial charge is 0.223 e. The second-order valence-corrected chi connectivity index (χ2v) is 6.86. The van der Waals surface area contributed by atoms with E-state index < -0.39 is 0 Å². The minimum atomic E-state index is 0.206. The SMILES string of the molecule is Cc1cnc(N2CCC(C(=O)NC3CCC3)CC2)s1. The molecule has 1 aliphatic carbocycles. The molecule has 1 saturated carbocycles. The molecule has 2 heterocycles. The lowest BCUT2D eigenvalue weighted by molar-refractivity contribution is -0.126. The van der Waals surface area contributed by atoms with Crippen LogP contribution in [0.1, 0.15) is 37.0 Å². The van der Waals surface area contributed by atoms with Crippen LogP contribution in [0.5, 0.6) is 0 Å². The van der Waals surface area contributed by atoms with Gasteiger partial charge in [-0.1, -0.05) is 0 Å². The molecule has 1 aromatic heterocycles. The van der Waals surface area contributed by atoms with Gasteiger partial charge in [0.05, 0.1) is 0 Å². The number of rotatable bonds is 3. The van der Waals surface area contributed by atoms with Crippen LogP contribution < -0.4 is 10.2 Å². The largest absolute Gasteiger partial charge is 0.353 e. The minimum absolute atomic E-state index is 0.206. The summed E-state index contributed by atoms with van der Waals surface area (Å²) in [6.07, 6.45) is 7.45. The third kappa shape index (κ3) is 2.91. The Morgan fingerprint density at radius 1 is 1.37 bits per heavy atom. The van der Waals surface area contributed by atoms with Gasteiger partial charge >= 0.3 is 0 Å². The molecule has 3 rings (SSSR count). The van der Waals surface area contributed by atoms with Gasteiger partial charge in [0.2, 0.25) is 5.91 Å². The van der Waals surface area contributed by atoms with E-state index >= 15 is 0 Å². The predicted octanol–water partition coefficient (Wildman–Crippen LogP) is 2.34. The van der Waals surface area contributed by atoms with E-state index in [2.05, 4.69) is 22.1 Å². The number of amides is 1. The number of carbonyl (C=O) groups is 1. The molecule has 19 heavy (non-hydrogen) atoms. The summed E-state index contributed by atoms with van der Waals surface area (Å²) in [5, 5.41) is 4.28. The average Bonchev–Trinajstić information content (AvgIpc) is 2.80. The molecule has 0 radical (unpaired) electrons. The minimum Gasteiger partial charge on any atom is -0.353 e. The molecule has 2 fully saturated rings. The second-order valence-electron chi connectivity index (χ2n) is 5.65. The third-order valence-electron chi connectivity index (χ3n) is 4.20. The van der Waals surface area contributed by atoms with Gasteiger partial charge in [-0.15, -0.1) is 11.3 Å². The monoisotopic (exact) mass is 279 g/mol. The molecule has 0 atom stereocenters. The van der Waals surface area contributed by atoms with Crippen LogP contribution in [0.25, 0.3) is 0 Å². The van der Waals surface area contributed by atoms with Gasteiger partial charge < -0.3 is 10.2 Å². The zero-order valence-corrected chi connectivity index (χ0v) is 12.2. The summed E-state index contributed by atoms with van der Waals surface area (Å²) in [6.45, 7) is 3.99. The highest BCUT2D eigenvalue weighted by atomic mass is 32.1. The number of nitrogens with one attached hydrogen (secondary N) is 1.